The van der Waals surface area contributed by atoms with Crippen molar-refractivity contribution < 1.29 is 4.79 Å². The van der Waals surface area contributed by atoms with Crippen LogP contribution in [0.3, 0.4) is 0 Å². The number of hydrogen-bond acceptors (Lipinski definition) is 5. The number of fused-ring (bicyclic) bond motifs is 1. The van der Waals surface area contributed by atoms with Crippen molar-refractivity contribution in [1.29, 1.82) is 0 Å². The molecule has 2 fully saturated rings. The summed E-state index contributed by atoms with van der Waals surface area (Å²) in [6.45, 7) is 6.09. The second-order valence-electron chi connectivity index (χ2n) is 7.23. The highest BCUT2D eigenvalue weighted by atomic mass is 32.1. The molecule has 0 radical (unpaired) electrons. The molecule has 2 aliphatic rings. The standard InChI is InChI=1S/C19H24N4OS/c1-13-17(25-12-22-13)16-14(6-3-9-21-16)18(24)23-11-4-7-15-19(23,2)8-5-10-20-15/h3,6,9,12,15,20H,4-5,7-8,10-11H2,1-2H3/t15-,19+/m1/s1. The van der Waals surface area contributed by atoms with Gasteiger partial charge in [0.15, 0.2) is 0 Å². The number of aromatic nitrogens is 2. The lowest BCUT2D eigenvalue weighted by Gasteiger charge is -2.53. The first-order valence-electron chi connectivity index (χ1n) is 9.02. The lowest BCUT2D eigenvalue weighted by molar-refractivity contribution is 0.00883. The van der Waals surface area contributed by atoms with Gasteiger partial charge in [-0.15, -0.1) is 11.3 Å². The third-order valence-corrected chi connectivity index (χ3v) is 6.67. The van der Waals surface area contributed by atoms with Gasteiger partial charge in [-0.25, -0.2) is 4.98 Å². The Labute approximate surface area is 152 Å². The molecule has 0 bridgehead atoms. The number of hydrogen-bond donors (Lipinski definition) is 1. The van der Waals surface area contributed by atoms with Crippen LogP contribution in [0.25, 0.3) is 10.6 Å². The number of piperidine rings is 2. The van der Waals surface area contributed by atoms with E-state index < -0.39 is 0 Å². The van der Waals surface area contributed by atoms with Gasteiger partial charge in [-0.05, 0) is 58.2 Å². The summed E-state index contributed by atoms with van der Waals surface area (Å²) >= 11 is 1.55. The summed E-state index contributed by atoms with van der Waals surface area (Å²) in [5.74, 6) is 0.104. The maximum absolute atomic E-state index is 13.5. The number of pyridine rings is 1. The van der Waals surface area contributed by atoms with Crippen molar-refractivity contribution in [2.75, 3.05) is 13.1 Å². The molecule has 0 aliphatic carbocycles. The highest BCUT2D eigenvalue weighted by Crippen LogP contribution is 2.37. The van der Waals surface area contributed by atoms with Crippen LogP contribution in [0.2, 0.25) is 0 Å². The molecule has 25 heavy (non-hydrogen) atoms. The average Bonchev–Trinajstić information content (AvgIpc) is 3.06. The zero-order chi connectivity index (χ0) is 17.4. The lowest BCUT2D eigenvalue weighted by atomic mass is 9.77. The van der Waals surface area contributed by atoms with Crippen LogP contribution in [0.5, 0.6) is 0 Å². The molecule has 2 atom stereocenters. The van der Waals surface area contributed by atoms with Crippen molar-refractivity contribution >= 4 is 17.2 Å². The van der Waals surface area contributed by atoms with Crippen LogP contribution in [0.1, 0.15) is 48.7 Å². The maximum atomic E-state index is 13.5. The van der Waals surface area contributed by atoms with E-state index in [0.29, 0.717) is 11.6 Å². The third kappa shape index (κ3) is 2.77. The number of amides is 1. The predicted molar refractivity (Wildman–Crippen MR) is 99.8 cm³/mol. The Balaban J connectivity index is 1.73. The van der Waals surface area contributed by atoms with Crippen molar-refractivity contribution in [1.82, 2.24) is 20.2 Å². The number of carbonyl (C=O) groups is 1. The molecule has 1 N–H and O–H groups in total. The van der Waals surface area contributed by atoms with Gasteiger partial charge in [0.2, 0.25) is 0 Å². The fourth-order valence-electron chi connectivity index (χ4n) is 4.33. The highest BCUT2D eigenvalue weighted by molar-refractivity contribution is 7.13. The van der Waals surface area contributed by atoms with Crippen LogP contribution in [0, 0.1) is 6.92 Å². The summed E-state index contributed by atoms with van der Waals surface area (Å²) in [5, 5.41) is 3.63. The summed E-state index contributed by atoms with van der Waals surface area (Å²) in [5.41, 5.74) is 4.10. The Hall–Kier alpha value is -1.79. The number of likely N-dealkylation sites (tertiary alicyclic amines) is 1. The molecule has 4 heterocycles. The average molecular weight is 356 g/mol. The highest BCUT2D eigenvalue weighted by Gasteiger charge is 2.46. The van der Waals surface area contributed by atoms with Crippen molar-refractivity contribution in [2.24, 2.45) is 0 Å². The van der Waals surface area contributed by atoms with Crippen molar-refractivity contribution in [3.63, 3.8) is 0 Å². The largest absolute Gasteiger partial charge is 0.332 e. The Kier molecular flexibility index (Phi) is 4.33. The van der Waals surface area contributed by atoms with E-state index in [0.717, 1.165) is 55.0 Å². The molecule has 0 saturated carbocycles. The summed E-state index contributed by atoms with van der Waals surface area (Å²) in [6.07, 6.45) is 6.13. The van der Waals surface area contributed by atoms with E-state index in [2.05, 4.69) is 27.1 Å². The van der Waals surface area contributed by atoms with Crippen molar-refractivity contribution in [3.8, 4) is 10.6 Å². The summed E-state index contributed by atoms with van der Waals surface area (Å²) < 4.78 is 0. The van der Waals surface area contributed by atoms with Crippen LogP contribution >= 0.6 is 11.3 Å². The number of carbonyl (C=O) groups excluding carboxylic acids is 1. The molecule has 2 saturated heterocycles. The molecule has 0 unspecified atom stereocenters. The molecule has 4 rings (SSSR count). The maximum Gasteiger partial charge on any atom is 0.256 e. The molecule has 0 aromatic carbocycles. The topological polar surface area (TPSA) is 58.1 Å². The molecule has 2 aromatic heterocycles. The van der Waals surface area contributed by atoms with Gasteiger partial charge in [-0.1, -0.05) is 0 Å². The van der Waals surface area contributed by atoms with Gasteiger partial charge >= 0.3 is 0 Å². The minimum Gasteiger partial charge on any atom is -0.332 e. The third-order valence-electron chi connectivity index (χ3n) is 5.74. The van der Waals surface area contributed by atoms with Crippen LogP contribution < -0.4 is 5.32 Å². The number of nitrogens with one attached hydrogen (secondary N) is 1. The van der Waals surface area contributed by atoms with E-state index in [9.17, 15) is 4.79 Å². The van der Waals surface area contributed by atoms with Gasteiger partial charge in [0, 0.05) is 18.8 Å². The SMILES string of the molecule is Cc1ncsc1-c1ncccc1C(=O)N1CCC[C@H]2NCCC[C@@]21C. The first-order chi connectivity index (χ1) is 12.1. The van der Waals surface area contributed by atoms with Crippen LogP contribution in [0.4, 0.5) is 0 Å². The molecule has 2 aliphatic heterocycles. The summed E-state index contributed by atoms with van der Waals surface area (Å²) in [4.78, 5) is 25.5. The van der Waals surface area contributed by atoms with Gasteiger partial charge in [0.1, 0.15) is 0 Å². The monoisotopic (exact) mass is 356 g/mol. The Bertz CT molecular complexity index is 787. The number of thiazole rings is 1. The van der Waals surface area contributed by atoms with Gasteiger partial charge < -0.3 is 10.2 Å². The van der Waals surface area contributed by atoms with E-state index in [-0.39, 0.29) is 11.4 Å². The lowest BCUT2D eigenvalue weighted by Crippen LogP contribution is -2.66. The van der Waals surface area contributed by atoms with E-state index >= 15 is 0 Å². The minimum absolute atomic E-state index is 0.104. The van der Waals surface area contributed by atoms with Gasteiger partial charge in [-0.3, -0.25) is 9.78 Å². The minimum atomic E-state index is -0.108. The summed E-state index contributed by atoms with van der Waals surface area (Å²) in [7, 11) is 0. The number of rotatable bonds is 2. The summed E-state index contributed by atoms with van der Waals surface area (Å²) in [6, 6.07) is 4.16. The molecule has 6 heteroatoms. The molecule has 2 aromatic rings. The zero-order valence-corrected chi connectivity index (χ0v) is 15.6. The van der Waals surface area contributed by atoms with Crippen LogP contribution in [0.15, 0.2) is 23.8 Å². The number of nitrogens with zero attached hydrogens (tertiary/aromatic N) is 3. The second-order valence-corrected chi connectivity index (χ2v) is 8.09. The Morgan fingerprint density at radius 2 is 2.28 bits per heavy atom. The van der Waals surface area contributed by atoms with E-state index in [1.807, 2.05) is 24.6 Å². The first kappa shape index (κ1) is 16.7. The fourth-order valence-corrected chi connectivity index (χ4v) is 5.14. The Morgan fingerprint density at radius 1 is 1.40 bits per heavy atom. The predicted octanol–water partition coefficient (Wildman–Crippen LogP) is 3.26. The molecular weight excluding hydrogens is 332 g/mol. The van der Waals surface area contributed by atoms with Gasteiger partial charge in [0.25, 0.3) is 5.91 Å². The molecule has 132 valence electrons. The van der Waals surface area contributed by atoms with Crippen LogP contribution in [-0.4, -0.2) is 45.4 Å². The fraction of sp³-hybridized carbons (Fsp3) is 0.526. The molecule has 1 amide bonds. The number of aryl methyl sites for hydroxylation is 1. The van der Waals surface area contributed by atoms with Crippen molar-refractivity contribution in [2.45, 2.75) is 51.1 Å². The molecule has 0 spiro atoms. The first-order valence-corrected chi connectivity index (χ1v) is 9.90. The van der Waals surface area contributed by atoms with Crippen molar-refractivity contribution in [3.05, 3.63) is 35.1 Å². The van der Waals surface area contributed by atoms with E-state index in [1.165, 1.54) is 0 Å². The van der Waals surface area contributed by atoms with Gasteiger partial charge in [0.05, 0.1) is 32.9 Å². The Morgan fingerprint density at radius 3 is 3.08 bits per heavy atom. The second kappa shape index (κ2) is 6.50. The van der Waals surface area contributed by atoms with E-state index in [1.54, 1.807) is 17.5 Å². The molecular formula is C19H24N4OS. The molecule has 5 nitrogen and oxygen atoms in total. The smallest absolute Gasteiger partial charge is 0.256 e. The van der Waals surface area contributed by atoms with Gasteiger partial charge in [-0.2, -0.15) is 0 Å². The zero-order valence-electron chi connectivity index (χ0n) is 14.8. The normalized spacial score (nSPS) is 26.3. The quantitative estimate of drug-likeness (QED) is 0.897. The van der Waals surface area contributed by atoms with Crippen LogP contribution in [-0.2, 0) is 0 Å². The van der Waals surface area contributed by atoms with E-state index in [4.69, 9.17) is 0 Å².